The Kier molecular flexibility index (Phi) is 6.31. The number of anilines is 1. The molecule has 0 radical (unpaired) electrons. The monoisotopic (exact) mass is 345 g/mol. The van der Waals surface area contributed by atoms with Gasteiger partial charge in [-0.1, -0.05) is 39.8 Å². The Morgan fingerprint density at radius 2 is 1.53 bits per heavy atom. The minimum atomic E-state index is 0.589. The second-order valence-electron chi connectivity index (χ2n) is 5.58. The molecule has 0 bridgehead atoms. The van der Waals surface area contributed by atoms with Crippen LogP contribution in [-0.2, 0) is 0 Å². The van der Waals surface area contributed by atoms with Gasteiger partial charge in [0, 0.05) is 15.3 Å². The number of para-hydroxylation sites is 1. The van der Waals surface area contributed by atoms with Gasteiger partial charge in [0.05, 0.1) is 0 Å². The fourth-order valence-electron chi connectivity index (χ4n) is 2.15. The molecule has 1 nitrogen and oxygen atoms in total. The van der Waals surface area contributed by atoms with Crippen LogP contribution in [-0.4, -0.2) is 6.04 Å². The normalized spacial score (nSPS) is 11.5. The first-order valence-corrected chi connectivity index (χ1v) is 7.58. The molecule has 0 aromatic heterocycles. The van der Waals surface area contributed by atoms with Crippen LogP contribution in [0.3, 0.4) is 0 Å². The highest BCUT2D eigenvalue weighted by molar-refractivity contribution is 14.1. The van der Waals surface area contributed by atoms with Gasteiger partial charge in [-0.2, -0.15) is 0 Å². The lowest BCUT2D eigenvalue weighted by Gasteiger charge is -2.24. The first-order chi connectivity index (χ1) is 7.99. The van der Waals surface area contributed by atoms with Gasteiger partial charge in [-0.25, -0.2) is 0 Å². The van der Waals surface area contributed by atoms with E-state index in [1.54, 1.807) is 0 Å². The van der Waals surface area contributed by atoms with Gasteiger partial charge in [0.15, 0.2) is 0 Å². The quantitative estimate of drug-likeness (QED) is 0.702. The van der Waals surface area contributed by atoms with E-state index in [4.69, 9.17) is 0 Å². The Morgan fingerprint density at radius 1 is 1.00 bits per heavy atom. The lowest BCUT2D eigenvalue weighted by Crippen LogP contribution is -2.24. The van der Waals surface area contributed by atoms with Crippen molar-refractivity contribution in [2.75, 3.05) is 5.32 Å². The van der Waals surface area contributed by atoms with Crippen LogP contribution in [0.4, 0.5) is 5.69 Å². The average molecular weight is 345 g/mol. The third kappa shape index (κ3) is 5.75. The molecule has 0 saturated heterocycles. The van der Waals surface area contributed by atoms with Crippen LogP contribution in [0.1, 0.15) is 40.5 Å². The Bertz CT molecular complexity index is 323. The van der Waals surface area contributed by atoms with Crippen LogP contribution in [0, 0.1) is 15.4 Å². The van der Waals surface area contributed by atoms with E-state index in [-0.39, 0.29) is 0 Å². The maximum absolute atomic E-state index is 3.70. The lowest BCUT2D eigenvalue weighted by molar-refractivity contribution is 0.442. The zero-order chi connectivity index (χ0) is 12.8. The predicted molar refractivity (Wildman–Crippen MR) is 85.5 cm³/mol. The molecule has 0 fully saturated rings. The topological polar surface area (TPSA) is 12.0 Å². The molecule has 1 rings (SSSR count). The predicted octanol–water partition coefficient (Wildman–Crippen LogP) is 5.16. The fourth-order valence-corrected chi connectivity index (χ4v) is 2.69. The molecule has 0 saturated carbocycles. The molecule has 0 aliphatic heterocycles. The summed E-state index contributed by atoms with van der Waals surface area (Å²) in [5, 5.41) is 3.70. The third-order valence-electron chi connectivity index (χ3n) is 2.75. The van der Waals surface area contributed by atoms with Gasteiger partial charge in [0.2, 0.25) is 0 Å². The van der Waals surface area contributed by atoms with Gasteiger partial charge < -0.3 is 5.32 Å². The summed E-state index contributed by atoms with van der Waals surface area (Å²) >= 11 is 2.40. The molecule has 1 aromatic carbocycles. The van der Waals surface area contributed by atoms with Gasteiger partial charge in [0.25, 0.3) is 0 Å². The van der Waals surface area contributed by atoms with E-state index in [1.807, 2.05) is 0 Å². The Balaban J connectivity index is 2.68. The summed E-state index contributed by atoms with van der Waals surface area (Å²) in [4.78, 5) is 0. The first kappa shape index (κ1) is 14.8. The molecule has 0 aliphatic carbocycles. The summed E-state index contributed by atoms with van der Waals surface area (Å²) < 4.78 is 1.31. The van der Waals surface area contributed by atoms with Crippen molar-refractivity contribution in [3.63, 3.8) is 0 Å². The average Bonchev–Trinajstić information content (AvgIpc) is 2.19. The molecule has 0 unspecified atom stereocenters. The Morgan fingerprint density at radius 3 is 2.00 bits per heavy atom. The molecule has 0 heterocycles. The summed E-state index contributed by atoms with van der Waals surface area (Å²) in [6.45, 7) is 9.19. The van der Waals surface area contributed by atoms with Crippen molar-refractivity contribution in [2.24, 2.45) is 11.8 Å². The smallest absolute Gasteiger partial charge is 0.0478 e. The van der Waals surface area contributed by atoms with E-state index in [1.165, 1.54) is 22.1 Å². The number of hydrogen-bond donors (Lipinski definition) is 1. The van der Waals surface area contributed by atoms with Crippen LogP contribution >= 0.6 is 22.6 Å². The van der Waals surface area contributed by atoms with Crippen molar-refractivity contribution in [1.82, 2.24) is 0 Å². The highest BCUT2D eigenvalue weighted by Crippen LogP contribution is 2.22. The molecule has 96 valence electrons. The molecular formula is C15H24IN. The van der Waals surface area contributed by atoms with Crippen molar-refractivity contribution < 1.29 is 0 Å². The molecular weight excluding hydrogens is 321 g/mol. The Hall–Kier alpha value is -0.250. The molecule has 17 heavy (non-hydrogen) atoms. The summed E-state index contributed by atoms with van der Waals surface area (Å²) in [5.74, 6) is 1.49. The van der Waals surface area contributed by atoms with Gasteiger partial charge in [-0.15, -0.1) is 0 Å². The van der Waals surface area contributed by atoms with Crippen LogP contribution in [0.15, 0.2) is 24.3 Å². The number of halogens is 1. The van der Waals surface area contributed by atoms with Crippen LogP contribution in [0.5, 0.6) is 0 Å². The van der Waals surface area contributed by atoms with E-state index in [0.717, 1.165) is 11.8 Å². The summed E-state index contributed by atoms with van der Waals surface area (Å²) in [7, 11) is 0. The van der Waals surface area contributed by atoms with Crippen LogP contribution < -0.4 is 5.32 Å². The molecule has 0 amide bonds. The maximum atomic E-state index is 3.70. The van der Waals surface area contributed by atoms with Crippen molar-refractivity contribution in [2.45, 2.75) is 46.6 Å². The van der Waals surface area contributed by atoms with E-state index >= 15 is 0 Å². The highest BCUT2D eigenvalue weighted by Gasteiger charge is 2.13. The first-order valence-electron chi connectivity index (χ1n) is 6.50. The van der Waals surface area contributed by atoms with Crippen molar-refractivity contribution in [3.05, 3.63) is 27.8 Å². The van der Waals surface area contributed by atoms with Gasteiger partial charge in [-0.05, 0) is 59.4 Å². The van der Waals surface area contributed by atoms with Gasteiger partial charge in [-0.3, -0.25) is 0 Å². The SMILES string of the molecule is CC(C)CC(CC(C)C)Nc1ccccc1I. The van der Waals surface area contributed by atoms with Gasteiger partial charge in [0.1, 0.15) is 0 Å². The Labute approximate surface area is 120 Å². The zero-order valence-electron chi connectivity index (χ0n) is 11.3. The molecule has 1 N–H and O–H groups in total. The molecule has 0 aliphatic rings. The molecule has 1 aromatic rings. The van der Waals surface area contributed by atoms with Crippen LogP contribution in [0.2, 0.25) is 0 Å². The highest BCUT2D eigenvalue weighted by atomic mass is 127. The van der Waals surface area contributed by atoms with Crippen LogP contribution in [0.25, 0.3) is 0 Å². The number of hydrogen-bond acceptors (Lipinski definition) is 1. The van der Waals surface area contributed by atoms with Crippen molar-refractivity contribution >= 4 is 28.3 Å². The summed E-state index contributed by atoms with van der Waals surface area (Å²) in [5.41, 5.74) is 1.28. The van der Waals surface area contributed by atoms with E-state index in [9.17, 15) is 0 Å². The standard InChI is InChI=1S/C15H24IN/c1-11(2)9-13(10-12(3)4)17-15-8-6-5-7-14(15)16/h5-8,11-13,17H,9-10H2,1-4H3. The van der Waals surface area contributed by atoms with E-state index in [0.29, 0.717) is 6.04 Å². The molecule has 0 atom stereocenters. The molecule has 0 spiro atoms. The maximum Gasteiger partial charge on any atom is 0.0478 e. The van der Waals surface area contributed by atoms with Gasteiger partial charge >= 0.3 is 0 Å². The minimum absolute atomic E-state index is 0.589. The summed E-state index contributed by atoms with van der Waals surface area (Å²) in [6, 6.07) is 9.12. The third-order valence-corrected chi connectivity index (χ3v) is 3.69. The lowest BCUT2D eigenvalue weighted by atomic mass is 9.95. The van der Waals surface area contributed by atoms with E-state index in [2.05, 4.69) is 79.9 Å². The zero-order valence-corrected chi connectivity index (χ0v) is 13.5. The number of rotatable bonds is 6. The number of benzene rings is 1. The van der Waals surface area contributed by atoms with E-state index < -0.39 is 0 Å². The summed E-state index contributed by atoms with van der Waals surface area (Å²) in [6.07, 6.45) is 2.48. The minimum Gasteiger partial charge on any atom is -0.381 e. The second kappa shape index (κ2) is 7.24. The van der Waals surface area contributed by atoms with Crippen molar-refractivity contribution in [1.29, 1.82) is 0 Å². The largest absolute Gasteiger partial charge is 0.381 e. The fraction of sp³-hybridized carbons (Fsp3) is 0.600. The molecule has 2 heteroatoms. The van der Waals surface area contributed by atoms with Crippen molar-refractivity contribution in [3.8, 4) is 0 Å². The second-order valence-corrected chi connectivity index (χ2v) is 6.74. The number of nitrogens with one attached hydrogen (secondary N) is 1.